The van der Waals surface area contributed by atoms with Gasteiger partial charge in [0.2, 0.25) is 0 Å². The third kappa shape index (κ3) is 4.19. The average molecular weight is 314 g/mol. The minimum absolute atomic E-state index is 0.142. The molecular weight excluding hydrogens is 296 g/mol. The van der Waals surface area contributed by atoms with Gasteiger partial charge in [-0.2, -0.15) is 0 Å². The van der Waals surface area contributed by atoms with Gasteiger partial charge in [0.1, 0.15) is 18.0 Å². The molecule has 0 saturated carbocycles. The van der Waals surface area contributed by atoms with Crippen molar-refractivity contribution in [2.45, 2.75) is 24.7 Å². The van der Waals surface area contributed by atoms with Gasteiger partial charge in [-0.05, 0) is 6.08 Å². The van der Waals surface area contributed by atoms with Gasteiger partial charge in [-0.1, -0.05) is 0 Å². The van der Waals surface area contributed by atoms with Gasteiger partial charge >= 0.3 is 11.9 Å². The standard InChI is InChI=1S/C8H8O5.C6H10O3/c9-7(10)3-1-5-6(13-5)2-4(3)8(11)12;1(5-3-8-5)7-2-6-4-9-6/h1,3-4,6H,2H2,(H,9,10)(H,11,12);5-6H,1-4H2. The maximum absolute atomic E-state index is 10.7. The van der Waals surface area contributed by atoms with Crippen LogP contribution in [0.2, 0.25) is 0 Å². The molecule has 5 unspecified atom stereocenters. The lowest BCUT2D eigenvalue weighted by Gasteiger charge is -2.17. The van der Waals surface area contributed by atoms with Crippen LogP contribution >= 0.6 is 0 Å². The van der Waals surface area contributed by atoms with Crippen LogP contribution in [-0.2, 0) is 28.5 Å². The molecule has 5 atom stereocenters. The quantitative estimate of drug-likeness (QED) is 0.650. The normalized spacial score (nSPS) is 36.7. The summed E-state index contributed by atoms with van der Waals surface area (Å²) in [4.78, 5) is 21.4. The Labute approximate surface area is 126 Å². The molecule has 22 heavy (non-hydrogen) atoms. The van der Waals surface area contributed by atoms with E-state index in [0.29, 0.717) is 18.0 Å². The number of hydrogen-bond acceptors (Lipinski definition) is 6. The Morgan fingerprint density at radius 2 is 1.73 bits per heavy atom. The number of carboxylic acid groups (broad SMARTS) is 2. The fraction of sp³-hybridized carbons (Fsp3) is 0.714. The molecule has 0 spiro atoms. The molecule has 0 amide bonds. The Morgan fingerprint density at radius 3 is 2.18 bits per heavy atom. The van der Waals surface area contributed by atoms with Gasteiger partial charge in [-0.3, -0.25) is 9.59 Å². The molecule has 4 rings (SSSR count). The summed E-state index contributed by atoms with van der Waals surface area (Å²) in [5, 5.41) is 17.5. The molecule has 122 valence electrons. The summed E-state index contributed by atoms with van der Waals surface area (Å²) in [6, 6.07) is 0. The van der Waals surface area contributed by atoms with Gasteiger partial charge in [0.25, 0.3) is 0 Å². The first kappa shape index (κ1) is 15.3. The first-order chi connectivity index (χ1) is 10.5. The van der Waals surface area contributed by atoms with Crippen molar-refractivity contribution in [3.05, 3.63) is 11.8 Å². The van der Waals surface area contributed by atoms with Crippen LogP contribution in [0.5, 0.6) is 0 Å². The average Bonchev–Trinajstić information content (AvgIpc) is 3.34. The van der Waals surface area contributed by atoms with E-state index in [9.17, 15) is 9.59 Å². The van der Waals surface area contributed by atoms with Crippen LogP contribution in [0.15, 0.2) is 11.8 Å². The highest BCUT2D eigenvalue weighted by atomic mass is 16.6. The van der Waals surface area contributed by atoms with Gasteiger partial charge in [-0.25, -0.2) is 0 Å². The summed E-state index contributed by atoms with van der Waals surface area (Å²) < 4.78 is 20.1. The molecule has 0 aromatic heterocycles. The first-order valence-electron chi connectivity index (χ1n) is 7.19. The van der Waals surface area contributed by atoms with E-state index in [-0.39, 0.29) is 12.5 Å². The fourth-order valence-corrected chi connectivity index (χ4v) is 2.27. The van der Waals surface area contributed by atoms with Crippen molar-refractivity contribution >= 4 is 11.9 Å². The number of epoxide rings is 3. The molecular formula is C14H18O8. The minimum atomic E-state index is -1.10. The van der Waals surface area contributed by atoms with E-state index in [4.69, 9.17) is 29.2 Å². The van der Waals surface area contributed by atoms with Crippen LogP contribution in [0.3, 0.4) is 0 Å². The van der Waals surface area contributed by atoms with Crippen molar-refractivity contribution in [2.75, 3.05) is 26.4 Å². The van der Waals surface area contributed by atoms with Crippen molar-refractivity contribution in [1.82, 2.24) is 0 Å². The van der Waals surface area contributed by atoms with Crippen molar-refractivity contribution in [3.63, 3.8) is 0 Å². The molecule has 1 aliphatic carbocycles. The van der Waals surface area contributed by atoms with E-state index in [1.807, 2.05) is 0 Å². The summed E-state index contributed by atoms with van der Waals surface area (Å²) in [6.07, 6.45) is 2.32. The highest BCUT2D eigenvalue weighted by molar-refractivity contribution is 5.82. The second-order valence-corrected chi connectivity index (χ2v) is 5.67. The zero-order chi connectivity index (χ0) is 15.7. The van der Waals surface area contributed by atoms with Gasteiger partial charge in [0.05, 0.1) is 38.3 Å². The van der Waals surface area contributed by atoms with Gasteiger partial charge < -0.3 is 29.2 Å². The predicted molar refractivity (Wildman–Crippen MR) is 70.1 cm³/mol. The zero-order valence-electron chi connectivity index (χ0n) is 11.8. The Hall–Kier alpha value is -1.64. The molecule has 0 aromatic rings. The number of carboxylic acids is 2. The lowest BCUT2D eigenvalue weighted by atomic mass is 9.84. The maximum Gasteiger partial charge on any atom is 0.311 e. The molecule has 4 aliphatic rings. The molecule has 8 nitrogen and oxygen atoms in total. The largest absolute Gasteiger partial charge is 0.483 e. The summed E-state index contributed by atoms with van der Waals surface area (Å²) in [5.74, 6) is -3.34. The number of rotatable bonds is 6. The van der Waals surface area contributed by atoms with Gasteiger partial charge in [0.15, 0.2) is 6.10 Å². The van der Waals surface area contributed by atoms with Crippen LogP contribution < -0.4 is 0 Å². The molecule has 3 fully saturated rings. The van der Waals surface area contributed by atoms with Gasteiger partial charge in [0, 0.05) is 6.42 Å². The molecule has 2 N–H and O–H groups in total. The third-order valence-corrected chi connectivity index (χ3v) is 3.80. The summed E-state index contributed by atoms with van der Waals surface area (Å²) in [6.45, 7) is 3.26. The number of hydrogen-bond donors (Lipinski definition) is 2. The highest BCUT2D eigenvalue weighted by Crippen LogP contribution is 2.41. The molecule has 3 saturated heterocycles. The lowest BCUT2D eigenvalue weighted by Crippen LogP contribution is -2.31. The lowest BCUT2D eigenvalue weighted by molar-refractivity contribution is -0.152. The van der Waals surface area contributed by atoms with E-state index in [1.54, 1.807) is 0 Å². The Balaban J connectivity index is 0.000000139. The highest BCUT2D eigenvalue weighted by Gasteiger charge is 2.47. The number of ether oxygens (including phenoxy) is 4. The topological polar surface area (TPSA) is 121 Å². The summed E-state index contributed by atoms with van der Waals surface area (Å²) in [7, 11) is 0. The summed E-state index contributed by atoms with van der Waals surface area (Å²) >= 11 is 0. The van der Waals surface area contributed by atoms with Crippen molar-refractivity contribution in [3.8, 4) is 0 Å². The monoisotopic (exact) mass is 314 g/mol. The zero-order valence-corrected chi connectivity index (χ0v) is 11.8. The molecule has 3 aliphatic heterocycles. The van der Waals surface area contributed by atoms with Crippen LogP contribution in [0.4, 0.5) is 0 Å². The fourth-order valence-electron chi connectivity index (χ4n) is 2.27. The minimum Gasteiger partial charge on any atom is -0.483 e. The maximum atomic E-state index is 10.7. The Morgan fingerprint density at radius 1 is 1.14 bits per heavy atom. The smallest absolute Gasteiger partial charge is 0.311 e. The SMILES string of the molecule is C(OCC1CO1)C1CO1.O=C(O)C1C=C2OC2CC1C(=O)O. The van der Waals surface area contributed by atoms with Crippen LogP contribution in [0.25, 0.3) is 0 Å². The van der Waals surface area contributed by atoms with Gasteiger partial charge in [-0.15, -0.1) is 0 Å². The van der Waals surface area contributed by atoms with Crippen LogP contribution in [0, 0.1) is 11.8 Å². The van der Waals surface area contributed by atoms with Crippen LogP contribution in [-0.4, -0.2) is 66.9 Å². The van der Waals surface area contributed by atoms with Crippen molar-refractivity contribution < 1.29 is 38.7 Å². The van der Waals surface area contributed by atoms with E-state index < -0.39 is 23.8 Å². The number of carbonyl (C=O) groups is 2. The predicted octanol–water partition coefficient (Wildman–Crippen LogP) is -0.125. The number of aliphatic carboxylic acids is 2. The van der Waals surface area contributed by atoms with E-state index >= 15 is 0 Å². The second-order valence-electron chi connectivity index (χ2n) is 5.67. The molecule has 0 radical (unpaired) electrons. The Bertz CT molecular complexity index is 467. The summed E-state index contributed by atoms with van der Waals surface area (Å²) in [5.41, 5.74) is 0. The first-order valence-corrected chi connectivity index (χ1v) is 7.19. The molecule has 8 heteroatoms. The van der Waals surface area contributed by atoms with Crippen molar-refractivity contribution in [1.29, 1.82) is 0 Å². The van der Waals surface area contributed by atoms with E-state index in [0.717, 1.165) is 26.4 Å². The second kappa shape index (κ2) is 6.23. The Kier molecular flexibility index (Phi) is 4.32. The number of fused-ring (bicyclic) bond motifs is 1. The third-order valence-electron chi connectivity index (χ3n) is 3.80. The van der Waals surface area contributed by atoms with Crippen LogP contribution in [0.1, 0.15) is 6.42 Å². The molecule has 0 bridgehead atoms. The molecule has 3 heterocycles. The van der Waals surface area contributed by atoms with E-state index in [1.165, 1.54) is 6.08 Å². The molecule has 0 aromatic carbocycles. The van der Waals surface area contributed by atoms with Crippen molar-refractivity contribution in [2.24, 2.45) is 11.8 Å². The van der Waals surface area contributed by atoms with E-state index in [2.05, 4.69) is 0 Å².